The Kier molecular flexibility index (Phi) is 5.88. The minimum atomic E-state index is -1.08. The largest absolute Gasteiger partial charge is 0.480 e. The number of carbonyl (C=O) groups is 2. The van der Waals surface area contributed by atoms with E-state index in [0.717, 1.165) is 0 Å². The van der Waals surface area contributed by atoms with E-state index < -0.39 is 11.5 Å². The summed E-state index contributed by atoms with van der Waals surface area (Å²) in [4.78, 5) is 23.1. The van der Waals surface area contributed by atoms with Gasteiger partial charge in [-0.2, -0.15) is 5.26 Å². The molecule has 1 amide bonds. The second-order valence-corrected chi connectivity index (χ2v) is 4.69. The highest BCUT2D eigenvalue weighted by Crippen LogP contribution is 2.15. The number of carboxylic acids is 1. The molecule has 21 heavy (non-hydrogen) atoms. The van der Waals surface area contributed by atoms with Crippen molar-refractivity contribution in [2.75, 3.05) is 11.9 Å². The van der Waals surface area contributed by atoms with Gasteiger partial charge in [0.1, 0.15) is 5.54 Å². The van der Waals surface area contributed by atoms with Crippen LogP contribution in [0.5, 0.6) is 0 Å². The van der Waals surface area contributed by atoms with Gasteiger partial charge in [-0.05, 0) is 37.1 Å². The zero-order valence-corrected chi connectivity index (χ0v) is 12.1. The predicted molar refractivity (Wildman–Crippen MR) is 78.7 cm³/mol. The molecule has 0 aromatic heterocycles. The summed E-state index contributed by atoms with van der Waals surface area (Å²) in [6, 6.07) is 8.44. The van der Waals surface area contributed by atoms with Crippen molar-refractivity contribution >= 4 is 17.6 Å². The number of hydrogen-bond acceptors (Lipinski definition) is 4. The summed E-state index contributed by atoms with van der Waals surface area (Å²) in [6.07, 6.45) is 0.784. The van der Waals surface area contributed by atoms with Gasteiger partial charge in [0.05, 0.1) is 18.2 Å². The summed E-state index contributed by atoms with van der Waals surface area (Å²) in [7, 11) is 0. The number of amides is 1. The highest BCUT2D eigenvalue weighted by Gasteiger charge is 2.34. The van der Waals surface area contributed by atoms with Crippen LogP contribution >= 0.6 is 0 Å². The van der Waals surface area contributed by atoms with Gasteiger partial charge >= 0.3 is 5.97 Å². The molecule has 1 aromatic carbocycles. The van der Waals surface area contributed by atoms with Gasteiger partial charge < -0.3 is 10.4 Å². The van der Waals surface area contributed by atoms with E-state index in [-0.39, 0.29) is 12.5 Å². The molecule has 6 heteroatoms. The number of nitrogens with zero attached hydrogens (tertiary/aromatic N) is 1. The first-order valence-corrected chi connectivity index (χ1v) is 6.76. The van der Waals surface area contributed by atoms with E-state index in [2.05, 4.69) is 10.6 Å². The fourth-order valence-corrected chi connectivity index (χ4v) is 1.96. The quantitative estimate of drug-likeness (QED) is 0.709. The van der Waals surface area contributed by atoms with Gasteiger partial charge in [0, 0.05) is 5.69 Å². The van der Waals surface area contributed by atoms with Crippen LogP contribution in [0.2, 0.25) is 0 Å². The van der Waals surface area contributed by atoms with Crippen molar-refractivity contribution in [3.05, 3.63) is 29.8 Å². The zero-order chi connectivity index (χ0) is 15.9. The minimum Gasteiger partial charge on any atom is -0.480 e. The second kappa shape index (κ2) is 7.41. The average Bonchev–Trinajstić information content (AvgIpc) is 2.49. The molecule has 0 spiro atoms. The third-order valence-electron chi connectivity index (χ3n) is 3.50. The van der Waals surface area contributed by atoms with Gasteiger partial charge in [0.15, 0.2) is 0 Å². The van der Waals surface area contributed by atoms with Crippen molar-refractivity contribution in [1.29, 1.82) is 5.26 Å². The Labute approximate surface area is 123 Å². The Hall–Kier alpha value is -2.39. The van der Waals surface area contributed by atoms with Crippen molar-refractivity contribution in [2.45, 2.75) is 32.2 Å². The SMILES string of the molecule is CCC(CC)(NCC(=O)Nc1ccc(C#N)cc1)C(=O)O. The summed E-state index contributed by atoms with van der Waals surface area (Å²) in [5, 5.41) is 23.4. The number of anilines is 1. The summed E-state index contributed by atoms with van der Waals surface area (Å²) in [5.74, 6) is -1.29. The van der Waals surface area contributed by atoms with E-state index in [9.17, 15) is 14.7 Å². The van der Waals surface area contributed by atoms with Crippen molar-refractivity contribution in [3.63, 3.8) is 0 Å². The standard InChI is InChI=1S/C15H19N3O3/c1-3-15(4-2,14(20)21)17-10-13(19)18-12-7-5-11(9-16)6-8-12/h5-8,17H,3-4,10H2,1-2H3,(H,18,19)(H,20,21). The van der Waals surface area contributed by atoms with Crippen molar-refractivity contribution < 1.29 is 14.7 Å². The van der Waals surface area contributed by atoms with Crippen LogP contribution in [-0.4, -0.2) is 29.1 Å². The van der Waals surface area contributed by atoms with Gasteiger partial charge in [-0.25, -0.2) is 0 Å². The van der Waals surface area contributed by atoms with E-state index in [4.69, 9.17) is 5.26 Å². The van der Waals surface area contributed by atoms with E-state index in [1.807, 2.05) is 6.07 Å². The monoisotopic (exact) mass is 289 g/mol. The summed E-state index contributed by atoms with van der Waals surface area (Å²) in [5.41, 5.74) is -0.00939. The minimum absolute atomic E-state index is 0.0893. The Morgan fingerprint density at radius 2 is 1.81 bits per heavy atom. The summed E-state index contributed by atoms with van der Waals surface area (Å²) >= 11 is 0. The van der Waals surface area contributed by atoms with Gasteiger partial charge in [-0.15, -0.1) is 0 Å². The lowest BCUT2D eigenvalue weighted by molar-refractivity contribution is -0.145. The van der Waals surface area contributed by atoms with Gasteiger partial charge in [-0.3, -0.25) is 14.9 Å². The van der Waals surface area contributed by atoms with Gasteiger partial charge in [-0.1, -0.05) is 13.8 Å². The van der Waals surface area contributed by atoms with E-state index in [1.165, 1.54) is 0 Å². The Morgan fingerprint density at radius 3 is 2.24 bits per heavy atom. The summed E-state index contributed by atoms with van der Waals surface area (Å²) < 4.78 is 0. The third kappa shape index (κ3) is 4.29. The van der Waals surface area contributed by atoms with Crippen LogP contribution in [0.15, 0.2) is 24.3 Å². The first-order valence-electron chi connectivity index (χ1n) is 6.76. The fraction of sp³-hybridized carbons (Fsp3) is 0.400. The molecule has 3 N–H and O–H groups in total. The van der Waals surface area contributed by atoms with Crippen LogP contribution in [0.25, 0.3) is 0 Å². The molecule has 1 rings (SSSR count). The number of nitrogens with one attached hydrogen (secondary N) is 2. The molecular formula is C15H19N3O3. The second-order valence-electron chi connectivity index (χ2n) is 4.69. The summed E-state index contributed by atoms with van der Waals surface area (Å²) in [6.45, 7) is 3.44. The lowest BCUT2D eigenvalue weighted by Crippen LogP contribution is -2.53. The fourth-order valence-electron chi connectivity index (χ4n) is 1.96. The average molecular weight is 289 g/mol. The number of carboxylic acid groups (broad SMARTS) is 1. The maximum Gasteiger partial charge on any atom is 0.323 e. The topological polar surface area (TPSA) is 102 Å². The van der Waals surface area contributed by atoms with E-state index in [0.29, 0.717) is 24.1 Å². The van der Waals surface area contributed by atoms with Gasteiger partial charge in [0.25, 0.3) is 0 Å². The Bertz CT molecular complexity index is 542. The van der Waals surface area contributed by atoms with Crippen LogP contribution in [-0.2, 0) is 9.59 Å². The number of aliphatic carboxylic acids is 1. The molecule has 0 bridgehead atoms. The highest BCUT2D eigenvalue weighted by atomic mass is 16.4. The van der Waals surface area contributed by atoms with Crippen LogP contribution in [0.1, 0.15) is 32.3 Å². The Balaban J connectivity index is 2.61. The molecule has 0 radical (unpaired) electrons. The molecule has 0 aliphatic heterocycles. The molecule has 6 nitrogen and oxygen atoms in total. The van der Waals surface area contributed by atoms with Crippen LogP contribution in [0.3, 0.4) is 0 Å². The lowest BCUT2D eigenvalue weighted by Gasteiger charge is -2.27. The number of benzene rings is 1. The van der Waals surface area contributed by atoms with E-state index in [1.54, 1.807) is 38.1 Å². The normalized spacial score (nSPS) is 10.7. The van der Waals surface area contributed by atoms with Crippen molar-refractivity contribution in [1.82, 2.24) is 5.32 Å². The van der Waals surface area contributed by atoms with Crippen LogP contribution in [0, 0.1) is 11.3 Å². The first kappa shape index (κ1) is 16.7. The molecule has 1 aromatic rings. The lowest BCUT2D eigenvalue weighted by atomic mass is 9.93. The maximum atomic E-state index is 11.8. The molecule has 0 heterocycles. The first-order chi connectivity index (χ1) is 9.97. The molecule has 0 saturated heterocycles. The number of carbonyl (C=O) groups excluding carboxylic acids is 1. The van der Waals surface area contributed by atoms with Gasteiger partial charge in [0.2, 0.25) is 5.91 Å². The molecule has 0 aliphatic rings. The highest BCUT2D eigenvalue weighted by molar-refractivity contribution is 5.93. The Morgan fingerprint density at radius 1 is 1.24 bits per heavy atom. The number of rotatable bonds is 7. The third-order valence-corrected chi connectivity index (χ3v) is 3.50. The predicted octanol–water partition coefficient (Wildman–Crippen LogP) is 1.73. The molecule has 0 atom stereocenters. The number of nitriles is 1. The molecule has 0 unspecified atom stereocenters. The molecule has 0 aliphatic carbocycles. The molecule has 0 fully saturated rings. The number of hydrogen-bond donors (Lipinski definition) is 3. The van der Waals surface area contributed by atoms with Crippen molar-refractivity contribution in [3.8, 4) is 6.07 Å². The van der Waals surface area contributed by atoms with Crippen molar-refractivity contribution in [2.24, 2.45) is 0 Å². The molecular weight excluding hydrogens is 270 g/mol. The smallest absolute Gasteiger partial charge is 0.323 e. The zero-order valence-electron chi connectivity index (χ0n) is 12.1. The molecule has 0 saturated carbocycles. The van der Waals surface area contributed by atoms with Crippen LogP contribution < -0.4 is 10.6 Å². The maximum absolute atomic E-state index is 11.8. The molecule has 112 valence electrons. The van der Waals surface area contributed by atoms with E-state index >= 15 is 0 Å². The van der Waals surface area contributed by atoms with Crippen LogP contribution in [0.4, 0.5) is 5.69 Å².